The fraction of sp³-hybridized carbons (Fsp3) is 0.143. The van der Waals surface area contributed by atoms with Gasteiger partial charge < -0.3 is 5.73 Å². The summed E-state index contributed by atoms with van der Waals surface area (Å²) in [5.41, 5.74) is 5.64. The summed E-state index contributed by atoms with van der Waals surface area (Å²) in [6.07, 6.45) is 2.84. The third kappa shape index (κ3) is 2.33. The number of aromatic nitrogens is 10. The van der Waals surface area contributed by atoms with E-state index in [9.17, 15) is 0 Å². The fourth-order valence-corrected chi connectivity index (χ4v) is 1.89. The summed E-state index contributed by atoms with van der Waals surface area (Å²) in [5, 5.41) is 15.9. The molecule has 12 heteroatoms. The van der Waals surface area contributed by atoms with Crippen molar-refractivity contribution in [1.82, 2.24) is 49.9 Å². The number of nitrogens with two attached hydrogens (primary N) is 1. The first-order valence-corrected chi connectivity index (χ1v) is 5.81. The third-order valence-electron chi connectivity index (χ3n) is 2.01. The van der Waals surface area contributed by atoms with E-state index in [0.29, 0.717) is 10.3 Å². The first-order valence-electron chi connectivity index (χ1n) is 4.99. The lowest BCUT2D eigenvalue weighted by atomic mass is 10.9. The Bertz CT molecular complexity index is 689. The predicted molar refractivity (Wildman–Crippen MR) is 62.1 cm³/mol. The van der Waals surface area contributed by atoms with Crippen LogP contribution in [0.1, 0.15) is 0 Å². The molecule has 0 amide bonds. The molecular formula is C7H7N11S. The number of nitrogen functional groups attached to an aromatic ring is 1. The van der Waals surface area contributed by atoms with Crippen LogP contribution in [0, 0.1) is 0 Å². The standard InChI is InChI=1S/C7H7N11S/c1-17-7(14-15-16-17)19-6-12-4(8)11-5(13-6)18-3-9-2-10-18/h2-3H,1H3,(H2,8,11,12,13). The Balaban J connectivity index is 1.96. The summed E-state index contributed by atoms with van der Waals surface area (Å²) in [7, 11) is 1.71. The average molecular weight is 277 g/mol. The topological polar surface area (TPSA) is 139 Å². The Morgan fingerprint density at radius 1 is 1.26 bits per heavy atom. The molecule has 19 heavy (non-hydrogen) atoms. The second-order valence-corrected chi connectivity index (χ2v) is 4.24. The second kappa shape index (κ2) is 4.56. The molecule has 0 fully saturated rings. The molecule has 3 rings (SSSR count). The summed E-state index contributed by atoms with van der Waals surface area (Å²) in [5.74, 6) is 0.362. The fourth-order valence-electron chi connectivity index (χ4n) is 1.21. The smallest absolute Gasteiger partial charge is 0.257 e. The maximum absolute atomic E-state index is 5.64. The third-order valence-corrected chi connectivity index (χ3v) is 2.90. The molecule has 3 aromatic rings. The Kier molecular flexibility index (Phi) is 2.75. The van der Waals surface area contributed by atoms with Crippen LogP contribution in [0.2, 0.25) is 0 Å². The van der Waals surface area contributed by atoms with Gasteiger partial charge in [0.2, 0.25) is 16.3 Å². The summed E-state index contributed by atoms with van der Waals surface area (Å²) in [6, 6.07) is 0. The van der Waals surface area contributed by atoms with E-state index < -0.39 is 0 Å². The zero-order chi connectivity index (χ0) is 13.2. The molecule has 0 radical (unpaired) electrons. The van der Waals surface area contributed by atoms with Crippen molar-refractivity contribution in [3.05, 3.63) is 12.7 Å². The first-order chi connectivity index (χ1) is 9.22. The predicted octanol–water partition coefficient (Wildman–Crippen LogP) is -1.29. The van der Waals surface area contributed by atoms with Gasteiger partial charge in [-0.25, -0.2) is 9.67 Å². The molecule has 3 aromatic heterocycles. The van der Waals surface area contributed by atoms with E-state index in [-0.39, 0.29) is 11.9 Å². The minimum Gasteiger partial charge on any atom is -0.368 e. The van der Waals surface area contributed by atoms with Crippen molar-refractivity contribution in [3.8, 4) is 5.95 Å². The van der Waals surface area contributed by atoms with Gasteiger partial charge in [0.05, 0.1) is 0 Å². The van der Waals surface area contributed by atoms with Gasteiger partial charge in [-0.3, -0.25) is 0 Å². The number of hydrogen-bond acceptors (Lipinski definition) is 10. The van der Waals surface area contributed by atoms with E-state index >= 15 is 0 Å². The molecule has 0 aromatic carbocycles. The van der Waals surface area contributed by atoms with Crippen LogP contribution in [-0.2, 0) is 7.05 Å². The quantitative estimate of drug-likeness (QED) is 0.614. The largest absolute Gasteiger partial charge is 0.368 e. The Hall–Kier alpha value is -2.63. The first kappa shape index (κ1) is 11.5. The summed E-state index contributed by atoms with van der Waals surface area (Å²) < 4.78 is 2.89. The highest BCUT2D eigenvalue weighted by Crippen LogP contribution is 2.21. The molecule has 0 aliphatic heterocycles. The molecule has 0 unspecified atom stereocenters. The molecule has 2 N–H and O–H groups in total. The molecule has 0 spiro atoms. The molecule has 0 saturated heterocycles. The molecule has 11 nitrogen and oxygen atoms in total. The van der Waals surface area contributed by atoms with Crippen LogP contribution in [0.15, 0.2) is 23.0 Å². The van der Waals surface area contributed by atoms with Gasteiger partial charge in [0.25, 0.3) is 5.95 Å². The van der Waals surface area contributed by atoms with Crippen molar-refractivity contribution in [2.45, 2.75) is 10.3 Å². The number of nitrogens with zero attached hydrogens (tertiary/aromatic N) is 10. The van der Waals surface area contributed by atoms with Crippen molar-refractivity contribution >= 4 is 17.7 Å². The van der Waals surface area contributed by atoms with Crippen LogP contribution in [0.5, 0.6) is 0 Å². The number of aryl methyl sites for hydroxylation is 1. The van der Waals surface area contributed by atoms with Gasteiger partial charge in [0, 0.05) is 7.05 Å². The summed E-state index contributed by atoms with van der Waals surface area (Å²) in [4.78, 5) is 16.0. The lowest BCUT2D eigenvalue weighted by Crippen LogP contribution is -2.08. The average Bonchev–Trinajstić information content (AvgIpc) is 3.01. The van der Waals surface area contributed by atoms with Crippen molar-refractivity contribution in [3.63, 3.8) is 0 Å². The van der Waals surface area contributed by atoms with Crippen molar-refractivity contribution in [2.24, 2.45) is 7.05 Å². The highest BCUT2D eigenvalue weighted by molar-refractivity contribution is 7.99. The van der Waals surface area contributed by atoms with Crippen molar-refractivity contribution in [2.75, 3.05) is 5.73 Å². The van der Waals surface area contributed by atoms with E-state index in [1.807, 2.05) is 0 Å². The number of tetrazole rings is 1. The van der Waals surface area contributed by atoms with E-state index in [0.717, 1.165) is 0 Å². The minimum absolute atomic E-state index is 0.0816. The lowest BCUT2D eigenvalue weighted by molar-refractivity contribution is 0.663. The Morgan fingerprint density at radius 3 is 2.84 bits per heavy atom. The van der Waals surface area contributed by atoms with Gasteiger partial charge in [-0.05, 0) is 22.2 Å². The minimum atomic E-state index is 0.0816. The lowest BCUT2D eigenvalue weighted by Gasteiger charge is -2.02. The zero-order valence-electron chi connectivity index (χ0n) is 9.61. The van der Waals surface area contributed by atoms with Gasteiger partial charge in [-0.1, -0.05) is 0 Å². The van der Waals surface area contributed by atoms with Crippen LogP contribution >= 0.6 is 11.8 Å². The number of rotatable bonds is 3. The van der Waals surface area contributed by atoms with Crippen molar-refractivity contribution < 1.29 is 0 Å². The summed E-state index contributed by atoms with van der Waals surface area (Å²) >= 11 is 1.17. The zero-order valence-corrected chi connectivity index (χ0v) is 10.4. The number of hydrogen-bond donors (Lipinski definition) is 1. The van der Waals surface area contributed by atoms with Crippen LogP contribution < -0.4 is 5.73 Å². The highest BCUT2D eigenvalue weighted by Gasteiger charge is 2.11. The molecule has 0 bridgehead atoms. The van der Waals surface area contributed by atoms with Crippen LogP contribution in [0.3, 0.4) is 0 Å². The highest BCUT2D eigenvalue weighted by atomic mass is 32.2. The van der Waals surface area contributed by atoms with Crippen LogP contribution in [0.4, 0.5) is 5.95 Å². The van der Waals surface area contributed by atoms with Gasteiger partial charge in [-0.15, -0.1) is 5.10 Å². The van der Waals surface area contributed by atoms with Gasteiger partial charge in [-0.2, -0.15) is 24.7 Å². The van der Waals surface area contributed by atoms with Gasteiger partial charge in [0.1, 0.15) is 12.7 Å². The molecule has 3 heterocycles. The molecular weight excluding hydrogens is 270 g/mol. The van der Waals surface area contributed by atoms with Gasteiger partial charge in [0.15, 0.2) is 0 Å². The van der Waals surface area contributed by atoms with Gasteiger partial charge >= 0.3 is 0 Å². The van der Waals surface area contributed by atoms with Crippen molar-refractivity contribution in [1.29, 1.82) is 0 Å². The maximum Gasteiger partial charge on any atom is 0.257 e. The molecule has 96 valence electrons. The molecule has 0 atom stereocenters. The van der Waals surface area contributed by atoms with E-state index in [1.54, 1.807) is 7.05 Å². The number of anilines is 1. The van der Waals surface area contributed by atoms with Crippen LogP contribution in [-0.4, -0.2) is 49.9 Å². The summed E-state index contributed by atoms with van der Waals surface area (Å²) in [6.45, 7) is 0. The van der Waals surface area contributed by atoms with E-state index in [1.165, 1.54) is 33.8 Å². The molecule has 0 aliphatic rings. The Labute approximate surface area is 110 Å². The molecule has 0 saturated carbocycles. The maximum atomic E-state index is 5.64. The van der Waals surface area contributed by atoms with E-state index in [4.69, 9.17) is 5.73 Å². The monoisotopic (exact) mass is 277 g/mol. The normalized spacial score (nSPS) is 10.8. The Morgan fingerprint density at radius 2 is 2.16 bits per heavy atom. The molecule has 0 aliphatic carbocycles. The van der Waals surface area contributed by atoms with E-state index in [2.05, 4.69) is 40.6 Å². The second-order valence-electron chi connectivity index (χ2n) is 3.30. The van der Waals surface area contributed by atoms with Crippen LogP contribution in [0.25, 0.3) is 5.95 Å². The SMILES string of the molecule is Cn1nnnc1Sc1nc(N)nc(-n2cncn2)n1.